The minimum atomic E-state index is -1.20. The van der Waals surface area contributed by atoms with Crippen molar-refractivity contribution in [2.45, 2.75) is 19.4 Å². The fourth-order valence-electron chi connectivity index (χ4n) is 3.62. The number of aliphatic carboxylic acids is 1. The highest BCUT2D eigenvalue weighted by Gasteiger charge is 2.23. The molecule has 1 aliphatic heterocycles. The van der Waals surface area contributed by atoms with Crippen LogP contribution in [-0.2, 0) is 16.0 Å². The molecule has 31 heavy (non-hydrogen) atoms. The SMILES string of the molecule is CCO[C@@H](Cc1ccc(OCCN2c3ccccc3Oc3ccccc32)cc1)C(=O)[O-]. The highest BCUT2D eigenvalue weighted by atomic mass is 16.5. The van der Waals surface area contributed by atoms with Gasteiger partial charge in [-0.2, -0.15) is 0 Å². The zero-order chi connectivity index (χ0) is 21.6. The Balaban J connectivity index is 1.39. The number of carbonyl (C=O) groups is 1. The van der Waals surface area contributed by atoms with E-state index in [1.165, 1.54) is 0 Å². The van der Waals surface area contributed by atoms with E-state index in [1.807, 2.05) is 72.8 Å². The number of fused-ring (bicyclic) bond motifs is 2. The topological polar surface area (TPSA) is 71.1 Å². The molecule has 160 valence electrons. The van der Waals surface area contributed by atoms with E-state index in [0.29, 0.717) is 19.8 Å². The maximum atomic E-state index is 11.2. The monoisotopic (exact) mass is 418 g/mol. The quantitative estimate of drug-likeness (QED) is 0.528. The van der Waals surface area contributed by atoms with Gasteiger partial charge in [0.2, 0.25) is 0 Å². The highest BCUT2D eigenvalue weighted by molar-refractivity contribution is 5.77. The molecule has 0 aromatic heterocycles. The molecule has 1 atom stereocenters. The van der Waals surface area contributed by atoms with Crippen molar-refractivity contribution < 1.29 is 24.1 Å². The van der Waals surface area contributed by atoms with Crippen LogP contribution in [0.1, 0.15) is 12.5 Å². The first kappa shape index (κ1) is 20.8. The van der Waals surface area contributed by atoms with Crippen LogP contribution in [0.5, 0.6) is 17.2 Å². The molecule has 0 bridgehead atoms. The lowest BCUT2D eigenvalue weighted by Gasteiger charge is -2.32. The summed E-state index contributed by atoms with van der Waals surface area (Å²) in [6.45, 7) is 3.21. The molecule has 3 aromatic rings. The summed E-state index contributed by atoms with van der Waals surface area (Å²) in [5.74, 6) is 1.16. The Morgan fingerprint density at radius 2 is 1.58 bits per heavy atom. The van der Waals surface area contributed by atoms with Crippen LogP contribution in [0, 0.1) is 0 Å². The minimum absolute atomic E-state index is 0.262. The van der Waals surface area contributed by atoms with Crippen LogP contribution in [0.3, 0.4) is 0 Å². The van der Waals surface area contributed by atoms with Gasteiger partial charge in [0.15, 0.2) is 11.5 Å². The van der Waals surface area contributed by atoms with Crippen LogP contribution in [0.25, 0.3) is 0 Å². The fraction of sp³-hybridized carbons (Fsp3) is 0.240. The third-order valence-corrected chi connectivity index (χ3v) is 5.09. The Morgan fingerprint density at radius 1 is 0.968 bits per heavy atom. The summed E-state index contributed by atoms with van der Waals surface area (Å²) in [7, 11) is 0. The van der Waals surface area contributed by atoms with E-state index in [0.717, 1.165) is 34.2 Å². The molecule has 6 heteroatoms. The molecular weight excluding hydrogens is 394 g/mol. The zero-order valence-corrected chi connectivity index (χ0v) is 17.3. The van der Waals surface area contributed by atoms with Gasteiger partial charge in [-0.15, -0.1) is 0 Å². The Kier molecular flexibility index (Phi) is 6.38. The molecule has 0 radical (unpaired) electrons. The maximum Gasteiger partial charge on any atom is 0.151 e. The number of benzene rings is 3. The molecule has 0 saturated carbocycles. The van der Waals surface area contributed by atoms with Gasteiger partial charge < -0.3 is 29.0 Å². The summed E-state index contributed by atoms with van der Waals surface area (Å²) >= 11 is 0. The van der Waals surface area contributed by atoms with E-state index in [4.69, 9.17) is 14.2 Å². The Labute approximate surface area is 181 Å². The number of carbonyl (C=O) groups excluding carboxylic acids is 1. The molecule has 0 fully saturated rings. The van der Waals surface area contributed by atoms with Crippen molar-refractivity contribution >= 4 is 17.3 Å². The molecule has 0 spiro atoms. The van der Waals surface area contributed by atoms with E-state index < -0.39 is 12.1 Å². The summed E-state index contributed by atoms with van der Waals surface area (Å²) in [4.78, 5) is 13.3. The molecule has 6 nitrogen and oxygen atoms in total. The lowest BCUT2D eigenvalue weighted by atomic mass is 10.1. The van der Waals surface area contributed by atoms with Gasteiger partial charge in [0.05, 0.1) is 23.9 Å². The van der Waals surface area contributed by atoms with Crippen LogP contribution >= 0.6 is 0 Å². The van der Waals surface area contributed by atoms with Crippen molar-refractivity contribution in [3.8, 4) is 17.2 Å². The average Bonchev–Trinajstić information content (AvgIpc) is 2.79. The number of carboxylic acid groups (broad SMARTS) is 1. The summed E-state index contributed by atoms with van der Waals surface area (Å²) in [5, 5.41) is 11.2. The molecule has 1 heterocycles. The highest BCUT2D eigenvalue weighted by Crippen LogP contribution is 2.45. The van der Waals surface area contributed by atoms with Crippen LogP contribution in [-0.4, -0.2) is 31.8 Å². The second-order valence-electron chi connectivity index (χ2n) is 7.15. The van der Waals surface area contributed by atoms with E-state index in [1.54, 1.807) is 6.92 Å². The third-order valence-electron chi connectivity index (χ3n) is 5.09. The van der Waals surface area contributed by atoms with Gasteiger partial charge in [-0.1, -0.05) is 36.4 Å². The van der Waals surface area contributed by atoms with Crippen LogP contribution in [0.4, 0.5) is 11.4 Å². The van der Waals surface area contributed by atoms with Crippen molar-refractivity contribution in [1.82, 2.24) is 0 Å². The first-order chi connectivity index (χ1) is 15.2. The van der Waals surface area contributed by atoms with Gasteiger partial charge in [0, 0.05) is 13.0 Å². The smallest absolute Gasteiger partial charge is 0.151 e. The molecule has 1 aliphatic rings. The van der Waals surface area contributed by atoms with E-state index in [9.17, 15) is 9.90 Å². The zero-order valence-electron chi connectivity index (χ0n) is 17.3. The van der Waals surface area contributed by atoms with E-state index in [-0.39, 0.29) is 6.42 Å². The summed E-state index contributed by atoms with van der Waals surface area (Å²) in [6, 6.07) is 23.3. The van der Waals surface area contributed by atoms with Crippen LogP contribution < -0.4 is 19.5 Å². The Hall–Kier alpha value is -3.51. The second-order valence-corrected chi connectivity index (χ2v) is 7.15. The predicted molar refractivity (Wildman–Crippen MR) is 116 cm³/mol. The lowest BCUT2D eigenvalue weighted by Crippen LogP contribution is -2.39. The summed E-state index contributed by atoms with van der Waals surface area (Å²) in [5.41, 5.74) is 2.86. The molecule has 0 saturated heterocycles. The van der Waals surface area contributed by atoms with Gasteiger partial charge in [-0.05, 0) is 48.9 Å². The number of hydrogen-bond acceptors (Lipinski definition) is 6. The molecule has 0 aliphatic carbocycles. The minimum Gasteiger partial charge on any atom is -0.547 e. The first-order valence-corrected chi connectivity index (χ1v) is 10.3. The van der Waals surface area contributed by atoms with Crippen molar-refractivity contribution in [3.05, 3.63) is 78.4 Å². The number of ether oxygens (including phenoxy) is 3. The Morgan fingerprint density at radius 3 is 2.16 bits per heavy atom. The predicted octanol–water partition coefficient (Wildman–Crippen LogP) is 3.71. The number of para-hydroxylation sites is 4. The molecule has 0 unspecified atom stereocenters. The van der Waals surface area contributed by atoms with Gasteiger partial charge >= 0.3 is 0 Å². The van der Waals surface area contributed by atoms with Crippen molar-refractivity contribution in [2.24, 2.45) is 0 Å². The average molecular weight is 418 g/mol. The standard InChI is InChI=1S/C25H25NO5/c1-2-29-24(25(27)28)17-18-11-13-19(14-12-18)30-16-15-26-20-7-3-5-9-22(20)31-23-10-6-4-8-21(23)26/h3-14,24H,2,15-17H2,1H3,(H,27,28)/p-1/t24-/m0/s1. The van der Waals surface area contributed by atoms with Crippen molar-refractivity contribution in [2.75, 3.05) is 24.7 Å². The van der Waals surface area contributed by atoms with Gasteiger partial charge in [0.1, 0.15) is 18.5 Å². The van der Waals surface area contributed by atoms with E-state index in [2.05, 4.69) is 4.90 Å². The lowest BCUT2D eigenvalue weighted by molar-refractivity contribution is -0.316. The van der Waals surface area contributed by atoms with Gasteiger partial charge in [-0.3, -0.25) is 0 Å². The fourth-order valence-corrected chi connectivity index (χ4v) is 3.62. The number of anilines is 2. The number of carboxylic acids is 1. The molecule has 4 rings (SSSR count). The Bertz CT molecular complexity index is 989. The molecule has 0 N–H and O–H groups in total. The van der Waals surface area contributed by atoms with Gasteiger partial charge in [-0.25, -0.2) is 0 Å². The normalized spacial score (nSPS) is 13.0. The van der Waals surface area contributed by atoms with Crippen LogP contribution in [0.2, 0.25) is 0 Å². The summed E-state index contributed by atoms with van der Waals surface area (Å²) < 4.78 is 17.2. The van der Waals surface area contributed by atoms with E-state index >= 15 is 0 Å². The van der Waals surface area contributed by atoms with Crippen LogP contribution in [0.15, 0.2) is 72.8 Å². The number of nitrogens with zero attached hydrogens (tertiary/aromatic N) is 1. The first-order valence-electron chi connectivity index (χ1n) is 10.3. The van der Waals surface area contributed by atoms with Gasteiger partial charge in [0.25, 0.3) is 0 Å². The van der Waals surface area contributed by atoms with Crippen molar-refractivity contribution in [3.63, 3.8) is 0 Å². The van der Waals surface area contributed by atoms with Crippen molar-refractivity contribution in [1.29, 1.82) is 0 Å². The third kappa shape index (κ3) is 4.81. The summed E-state index contributed by atoms with van der Waals surface area (Å²) in [6.07, 6.45) is -0.684. The number of hydrogen-bond donors (Lipinski definition) is 0. The molecular formula is C25H24NO5-. The molecule has 3 aromatic carbocycles. The maximum absolute atomic E-state index is 11.2. The second kappa shape index (κ2) is 9.53. The largest absolute Gasteiger partial charge is 0.547 e. The molecule has 0 amide bonds. The number of rotatable bonds is 9.